The van der Waals surface area contributed by atoms with E-state index in [9.17, 15) is 9.59 Å². The van der Waals surface area contributed by atoms with Crippen molar-refractivity contribution in [3.8, 4) is 11.6 Å². The van der Waals surface area contributed by atoms with E-state index in [1.165, 1.54) is 16.2 Å². The maximum Gasteiger partial charge on any atom is 0.269 e. The van der Waals surface area contributed by atoms with E-state index in [0.29, 0.717) is 20.6 Å². The molecule has 3 aromatic rings. The first-order valence-electron chi connectivity index (χ1n) is 9.92. The summed E-state index contributed by atoms with van der Waals surface area (Å²) in [6, 6.07) is 12.8. The number of pyridine rings is 1. The molecule has 2 aromatic heterocycles. The molecule has 0 radical (unpaired) electrons. The van der Waals surface area contributed by atoms with E-state index in [-0.39, 0.29) is 29.0 Å². The number of aryl methyl sites for hydroxylation is 1. The number of thioether (sulfide) groups is 1. The predicted molar refractivity (Wildman–Crippen MR) is 127 cm³/mol. The van der Waals surface area contributed by atoms with Crippen LogP contribution in [0.15, 0.2) is 58.4 Å². The van der Waals surface area contributed by atoms with Gasteiger partial charge in [-0.05, 0) is 56.2 Å². The monoisotopic (exact) mass is 451 g/mol. The van der Waals surface area contributed by atoms with Crippen molar-refractivity contribution < 1.29 is 9.53 Å². The Hall–Kier alpha value is -2.97. The molecule has 0 N–H and O–H groups in total. The highest BCUT2D eigenvalue weighted by molar-refractivity contribution is 8.26. The second-order valence-corrected chi connectivity index (χ2v) is 8.97. The number of amides is 1. The Morgan fingerprint density at radius 2 is 2.03 bits per heavy atom. The molecule has 1 fully saturated rings. The Balaban J connectivity index is 1.85. The number of hydrogen-bond acceptors (Lipinski definition) is 6. The maximum absolute atomic E-state index is 13.3. The Morgan fingerprint density at radius 1 is 1.23 bits per heavy atom. The van der Waals surface area contributed by atoms with Gasteiger partial charge in [0, 0.05) is 12.2 Å². The number of nitrogens with zero attached hydrogens (tertiary/aromatic N) is 3. The third-order valence-electron chi connectivity index (χ3n) is 5.07. The Morgan fingerprint density at radius 3 is 2.77 bits per heavy atom. The lowest BCUT2D eigenvalue weighted by atomic mass is 10.2. The second-order valence-electron chi connectivity index (χ2n) is 7.29. The number of hydrogen-bond donors (Lipinski definition) is 0. The Kier molecular flexibility index (Phi) is 5.93. The Bertz CT molecular complexity index is 1280. The molecule has 0 bridgehead atoms. The minimum Gasteiger partial charge on any atom is -0.438 e. The zero-order chi connectivity index (χ0) is 22.1. The SMILES string of the molecule is CCC(C)N1C(=O)C(=Cc2c(Oc3cccc(C)c3)nc3ccccn3c2=O)SC1=S. The highest BCUT2D eigenvalue weighted by Crippen LogP contribution is 2.35. The van der Waals surface area contributed by atoms with Crippen molar-refractivity contribution in [3.63, 3.8) is 0 Å². The van der Waals surface area contributed by atoms with Crippen LogP contribution in [-0.4, -0.2) is 30.6 Å². The Labute approximate surface area is 189 Å². The van der Waals surface area contributed by atoms with Gasteiger partial charge in [0.1, 0.15) is 21.3 Å². The normalized spacial score (nSPS) is 16.4. The van der Waals surface area contributed by atoms with Crippen LogP contribution in [0.25, 0.3) is 11.7 Å². The van der Waals surface area contributed by atoms with Crippen molar-refractivity contribution in [2.45, 2.75) is 33.2 Å². The molecule has 1 atom stereocenters. The number of carbonyl (C=O) groups is 1. The third kappa shape index (κ3) is 4.13. The molecule has 0 spiro atoms. The van der Waals surface area contributed by atoms with Crippen LogP contribution in [0.2, 0.25) is 0 Å². The lowest BCUT2D eigenvalue weighted by Gasteiger charge is -2.21. The highest BCUT2D eigenvalue weighted by atomic mass is 32.2. The van der Waals surface area contributed by atoms with Gasteiger partial charge in [-0.25, -0.2) is 0 Å². The molecule has 1 saturated heterocycles. The molecular formula is C23H21N3O3S2. The van der Waals surface area contributed by atoms with Gasteiger partial charge >= 0.3 is 0 Å². The van der Waals surface area contributed by atoms with E-state index in [0.717, 1.165) is 12.0 Å². The molecule has 0 aliphatic carbocycles. The van der Waals surface area contributed by atoms with Crippen molar-refractivity contribution in [3.05, 3.63) is 75.0 Å². The third-order valence-corrected chi connectivity index (χ3v) is 6.40. The van der Waals surface area contributed by atoms with Gasteiger partial charge in [0.15, 0.2) is 0 Å². The number of rotatable bonds is 5. The van der Waals surface area contributed by atoms with Crippen LogP contribution in [0.5, 0.6) is 11.6 Å². The standard InChI is InChI=1S/C23H21N3O3S2/c1-4-15(3)26-22(28)18(31-23(26)30)13-17-20(29-16-9-7-8-14(2)12-16)24-19-10-5-6-11-25(19)21(17)27/h5-13,15H,4H2,1-3H3. The first-order chi connectivity index (χ1) is 14.9. The molecule has 1 aliphatic rings. The molecule has 4 rings (SSSR count). The van der Waals surface area contributed by atoms with Gasteiger partial charge in [-0.15, -0.1) is 0 Å². The number of ether oxygens (including phenoxy) is 1. The topological polar surface area (TPSA) is 63.9 Å². The van der Waals surface area contributed by atoms with E-state index in [1.54, 1.807) is 41.4 Å². The summed E-state index contributed by atoms with van der Waals surface area (Å²) in [6.45, 7) is 5.91. The fourth-order valence-corrected chi connectivity index (χ4v) is 4.69. The van der Waals surface area contributed by atoms with E-state index in [4.69, 9.17) is 17.0 Å². The predicted octanol–water partition coefficient (Wildman–Crippen LogP) is 4.79. The maximum atomic E-state index is 13.3. The van der Waals surface area contributed by atoms with Gasteiger partial charge < -0.3 is 4.74 Å². The second kappa shape index (κ2) is 8.64. The van der Waals surface area contributed by atoms with Gasteiger partial charge in [-0.2, -0.15) is 4.98 Å². The number of benzene rings is 1. The van der Waals surface area contributed by atoms with Gasteiger partial charge in [0.25, 0.3) is 11.5 Å². The van der Waals surface area contributed by atoms with Crippen molar-refractivity contribution in [2.24, 2.45) is 0 Å². The number of fused-ring (bicyclic) bond motifs is 1. The van der Waals surface area contributed by atoms with Crippen LogP contribution in [0.4, 0.5) is 0 Å². The molecule has 1 aromatic carbocycles. The zero-order valence-electron chi connectivity index (χ0n) is 17.4. The zero-order valence-corrected chi connectivity index (χ0v) is 19.0. The lowest BCUT2D eigenvalue weighted by Crippen LogP contribution is -2.36. The molecule has 8 heteroatoms. The van der Waals surface area contributed by atoms with Crippen LogP contribution in [-0.2, 0) is 4.79 Å². The largest absolute Gasteiger partial charge is 0.438 e. The summed E-state index contributed by atoms with van der Waals surface area (Å²) < 4.78 is 7.93. The average Bonchev–Trinajstić information content (AvgIpc) is 3.03. The first kappa shape index (κ1) is 21.3. The molecule has 6 nitrogen and oxygen atoms in total. The summed E-state index contributed by atoms with van der Waals surface area (Å²) in [7, 11) is 0. The van der Waals surface area contributed by atoms with Crippen molar-refractivity contribution in [1.82, 2.24) is 14.3 Å². The molecular weight excluding hydrogens is 430 g/mol. The summed E-state index contributed by atoms with van der Waals surface area (Å²) in [5, 5.41) is 0. The van der Waals surface area contributed by atoms with E-state index in [1.807, 2.05) is 39.0 Å². The van der Waals surface area contributed by atoms with Crippen molar-refractivity contribution in [2.75, 3.05) is 0 Å². The molecule has 31 heavy (non-hydrogen) atoms. The summed E-state index contributed by atoms with van der Waals surface area (Å²) in [6.07, 6.45) is 3.96. The summed E-state index contributed by atoms with van der Waals surface area (Å²) in [5.74, 6) is 0.507. The van der Waals surface area contributed by atoms with E-state index in [2.05, 4.69) is 4.98 Å². The highest BCUT2D eigenvalue weighted by Gasteiger charge is 2.35. The lowest BCUT2D eigenvalue weighted by molar-refractivity contribution is -0.123. The first-order valence-corrected chi connectivity index (χ1v) is 11.1. The van der Waals surface area contributed by atoms with Gasteiger partial charge in [-0.1, -0.05) is 49.1 Å². The number of carbonyl (C=O) groups excluding carboxylic acids is 1. The minimum atomic E-state index is -0.318. The van der Waals surface area contributed by atoms with Crippen LogP contribution in [0.1, 0.15) is 31.4 Å². The molecule has 1 aliphatic heterocycles. The fourth-order valence-electron chi connectivity index (χ4n) is 3.25. The van der Waals surface area contributed by atoms with E-state index >= 15 is 0 Å². The van der Waals surface area contributed by atoms with Gasteiger partial charge in [-0.3, -0.25) is 18.9 Å². The smallest absolute Gasteiger partial charge is 0.269 e. The fraction of sp³-hybridized carbons (Fsp3) is 0.217. The van der Waals surface area contributed by atoms with Gasteiger partial charge in [0.05, 0.1) is 4.91 Å². The van der Waals surface area contributed by atoms with Gasteiger partial charge in [0.2, 0.25) is 5.88 Å². The summed E-state index contributed by atoms with van der Waals surface area (Å²) >= 11 is 6.60. The van der Waals surface area contributed by atoms with E-state index < -0.39 is 0 Å². The quantitative estimate of drug-likeness (QED) is 0.410. The van der Waals surface area contributed by atoms with Crippen LogP contribution in [0, 0.1) is 6.92 Å². The average molecular weight is 452 g/mol. The molecule has 1 unspecified atom stereocenters. The summed E-state index contributed by atoms with van der Waals surface area (Å²) in [4.78, 5) is 32.8. The number of aromatic nitrogens is 2. The molecule has 3 heterocycles. The molecule has 158 valence electrons. The van der Waals surface area contributed by atoms with Crippen molar-refractivity contribution >= 4 is 45.9 Å². The number of thiocarbonyl (C=S) groups is 1. The molecule has 0 saturated carbocycles. The van der Waals surface area contributed by atoms with Crippen LogP contribution in [0.3, 0.4) is 0 Å². The van der Waals surface area contributed by atoms with Crippen molar-refractivity contribution in [1.29, 1.82) is 0 Å². The van der Waals surface area contributed by atoms with Crippen LogP contribution >= 0.6 is 24.0 Å². The summed E-state index contributed by atoms with van der Waals surface area (Å²) in [5.41, 5.74) is 1.36. The van der Waals surface area contributed by atoms with Crippen LogP contribution < -0.4 is 10.3 Å². The minimum absolute atomic E-state index is 0.0164. The molecule has 1 amide bonds.